The van der Waals surface area contributed by atoms with E-state index in [0.29, 0.717) is 25.3 Å². The van der Waals surface area contributed by atoms with Gasteiger partial charge in [-0.1, -0.05) is 12.1 Å². The van der Waals surface area contributed by atoms with Gasteiger partial charge in [0, 0.05) is 71.0 Å². The Bertz CT molecular complexity index is 845. The summed E-state index contributed by atoms with van der Waals surface area (Å²) in [4.78, 5) is 21.3. The van der Waals surface area contributed by atoms with Gasteiger partial charge in [-0.05, 0) is 36.4 Å². The molecule has 1 N–H and O–H groups in total. The van der Waals surface area contributed by atoms with Gasteiger partial charge in [-0.3, -0.25) is 9.69 Å². The third-order valence-electron chi connectivity index (χ3n) is 6.06. The van der Waals surface area contributed by atoms with Crippen LogP contribution in [0.1, 0.15) is 6.42 Å². The maximum atomic E-state index is 13.1. The maximum Gasteiger partial charge on any atom is 0.223 e. The number of rotatable bonds is 5. The minimum atomic E-state index is -0.228. The van der Waals surface area contributed by atoms with Gasteiger partial charge in [0.05, 0.1) is 5.69 Å². The predicted molar refractivity (Wildman–Crippen MR) is 117 cm³/mol. The quantitative estimate of drug-likeness (QED) is 0.817. The fourth-order valence-corrected chi connectivity index (χ4v) is 4.22. The summed E-state index contributed by atoms with van der Waals surface area (Å²) in [6.07, 6.45) is 0.535. The summed E-state index contributed by atoms with van der Waals surface area (Å²) in [7, 11) is 0. The topological polar surface area (TPSA) is 50.3 Å². The second-order valence-corrected chi connectivity index (χ2v) is 7.91. The van der Waals surface area contributed by atoms with Crippen molar-refractivity contribution in [3.63, 3.8) is 0 Å². The fourth-order valence-electron chi connectivity index (χ4n) is 4.22. The van der Waals surface area contributed by atoms with Crippen molar-refractivity contribution < 1.29 is 14.3 Å². The van der Waals surface area contributed by atoms with Crippen molar-refractivity contribution in [1.82, 2.24) is 9.80 Å². The van der Waals surface area contributed by atoms with Crippen LogP contribution in [0.4, 0.5) is 15.8 Å². The molecule has 2 aromatic rings. The highest BCUT2D eigenvalue weighted by Crippen LogP contribution is 2.27. The number of para-hydroxylation sites is 2. The Morgan fingerprint density at radius 1 is 0.833 bits per heavy atom. The molecule has 2 aliphatic heterocycles. The van der Waals surface area contributed by atoms with Crippen LogP contribution in [-0.2, 0) is 4.79 Å². The smallest absolute Gasteiger partial charge is 0.223 e. The number of carbonyl (C=O) groups is 1. The monoisotopic (exact) mass is 412 g/mol. The normalized spacial score (nSPS) is 18.0. The Hall–Kier alpha value is -2.80. The van der Waals surface area contributed by atoms with E-state index in [9.17, 15) is 14.3 Å². The zero-order chi connectivity index (χ0) is 20.9. The number of nitrogens with zero attached hydrogens (tertiary/aromatic N) is 4. The first-order chi connectivity index (χ1) is 14.6. The Morgan fingerprint density at radius 3 is 2.13 bits per heavy atom. The van der Waals surface area contributed by atoms with Crippen molar-refractivity contribution in [1.29, 1.82) is 0 Å². The predicted octanol–water partition coefficient (Wildman–Crippen LogP) is 2.39. The molecular weight excluding hydrogens is 383 g/mol. The van der Waals surface area contributed by atoms with Gasteiger partial charge in [0.25, 0.3) is 0 Å². The van der Waals surface area contributed by atoms with Gasteiger partial charge in [0.1, 0.15) is 11.6 Å². The molecule has 2 fully saturated rings. The van der Waals surface area contributed by atoms with Crippen LogP contribution in [-0.4, -0.2) is 79.7 Å². The summed E-state index contributed by atoms with van der Waals surface area (Å²) < 4.78 is 13.1. The van der Waals surface area contributed by atoms with Gasteiger partial charge in [0.2, 0.25) is 5.91 Å². The standard InChI is InChI=1S/C23H29FN4O2/c24-19-5-7-20(8-6-19)26-15-17-28(18-16-26)23(30)9-10-25-11-13-27(14-12-25)21-3-1-2-4-22(21)29/h1-8,29H,9-18H2. The molecule has 2 aliphatic rings. The highest BCUT2D eigenvalue weighted by Gasteiger charge is 2.23. The summed E-state index contributed by atoms with van der Waals surface area (Å²) in [6, 6.07) is 14.0. The molecule has 160 valence electrons. The third-order valence-corrected chi connectivity index (χ3v) is 6.06. The number of phenolic OH excluding ortho intramolecular Hbond substituents is 1. The molecule has 2 heterocycles. The number of amides is 1. The van der Waals surface area contributed by atoms with E-state index in [4.69, 9.17) is 0 Å². The average Bonchev–Trinajstić information content (AvgIpc) is 2.79. The van der Waals surface area contributed by atoms with Crippen molar-refractivity contribution in [2.75, 3.05) is 68.7 Å². The van der Waals surface area contributed by atoms with Crippen molar-refractivity contribution in [3.05, 3.63) is 54.3 Å². The van der Waals surface area contributed by atoms with Crippen LogP contribution >= 0.6 is 0 Å². The molecule has 7 heteroatoms. The van der Waals surface area contributed by atoms with Crippen molar-refractivity contribution in [2.24, 2.45) is 0 Å². The summed E-state index contributed by atoms with van der Waals surface area (Å²) in [6.45, 7) is 7.21. The Labute approximate surface area is 177 Å². The number of piperazine rings is 2. The molecular formula is C23H29FN4O2. The zero-order valence-electron chi connectivity index (χ0n) is 17.2. The van der Waals surface area contributed by atoms with E-state index < -0.39 is 0 Å². The van der Waals surface area contributed by atoms with Crippen LogP contribution in [0.3, 0.4) is 0 Å². The maximum absolute atomic E-state index is 13.1. The number of anilines is 2. The molecule has 1 amide bonds. The average molecular weight is 413 g/mol. The number of hydrogen-bond donors (Lipinski definition) is 1. The van der Waals surface area contributed by atoms with Gasteiger partial charge >= 0.3 is 0 Å². The van der Waals surface area contributed by atoms with E-state index in [1.165, 1.54) is 12.1 Å². The molecule has 0 saturated carbocycles. The molecule has 0 aliphatic carbocycles. The molecule has 0 unspecified atom stereocenters. The first-order valence-electron chi connectivity index (χ1n) is 10.6. The zero-order valence-corrected chi connectivity index (χ0v) is 17.2. The number of hydrogen-bond acceptors (Lipinski definition) is 5. The number of phenols is 1. The van der Waals surface area contributed by atoms with Gasteiger partial charge in [-0.2, -0.15) is 0 Å². The largest absolute Gasteiger partial charge is 0.506 e. The molecule has 0 aromatic heterocycles. The molecule has 0 radical (unpaired) electrons. The lowest BCUT2D eigenvalue weighted by atomic mass is 10.2. The summed E-state index contributed by atoms with van der Waals surface area (Å²) in [5.41, 5.74) is 1.89. The van der Waals surface area contributed by atoms with Crippen LogP contribution < -0.4 is 9.80 Å². The Morgan fingerprint density at radius 2 is 1.47 bits per heavy atom. The lowest BCUT2D eigenvalue weighted by Crippen LogP contribution is -2.50. The van der Waals surface area contributed by atoms with Gasteiger partial charge in [-0.25, -0.2) is 4.39 Å². The molecule has 0 spiro atoms. The van der Waals surface area contributed by atoms with E-state index in [2.05, 4.69) is 14.7 Å². The fraction of sp³-hybridized carbons (Fsp3) is 0.435. The first-order valence-corrected chi connectivity index (χ1v) is 10.6. The van der Waals surface area contributed by atoms with Crippen LogP contribution in [0.25, 0.3) is 0 Å². The lowest BCUT2D eigenvalue weighted by Gasteiger charge is -2.38. The highest BCUT2D eigenvalue weighted by atomic mass is 19.1. The Kier molecular flexibility index (Phi) is 6.38. The van der Waals surface area contributed by atoms with Gasteiger partial charge in [-0.15, -0.1) is 0 Å². The molecule has 4 rings (SSSR count). The van der Waals surface area contributed by atoms with E-state index in [1.54, 1.807) is 18.2 Å². The second-order valence-electron chi connectivity index (χ2n) is 7.91. The third kappa shape index (κ3) is 4.84. The van der Waals surface area contributed by atoms with Crippen molar-refractivity contribution in [2.45, 2.75) is 6.42 Å². The number of aromatic hydroxyl groups is 1. The van der Waals surface area contributed by atoms with Crippen molar-refractivity contribution in [3.8, 4) is 5.75 Å². The molecule has 2 aromatic carbocycles. The second kappa shape index (κ2) is 9.34. The molecule has 6 nitrogen and oxygen atoms in total. The Balaban J connectivity index is 1.19. The summed E-state index contributed by atoms with van der Waals surface area (Å²) >= 11 is 0. The van der Waals surface area contributed by atoms with Crippen molar-refractivity contribution >= 4 is 17.3 Å². The van der Waals surface area contributed by atoms with Gasteiger partial charge in [0.15, 0.2) is 0 Å². The first kappa shape index (κ1) is 20.5. The van der Waals surface area contributed by atoms with E-state index in [1.807, 2.05) is 23.1 Å². The number of halogens is 1. The number of carbonyl (C=O) groups excluding carboxylic acids is 1. The van der Waals surface area contributed by atoms with Crippen LogP contribution in [0.2, 0.25) is 0 Å². The molecule has 0 bridgehead atoms. The molecule has 0 atom stereocenters. The van der Waals surface area contributed by atoms with Crippen LogP contribution in [0, 0.1) is 5.82 Å². The molecule has 2 saturated heterocycles. The summed E-state index contributed by atoms with van der Waals surface area (Å²) in [5.74, 6) is 0.298. The van der Waals surface area contributed by atoms with Gasteiger partial charge < -0.3 is 19.8 Å². The van der Waals surface area contributed by atoms with E-state index in [-0.39, 0.29) is 11.7 Å². The van der Waals surface area contributed by atoms with Crippen LogP contribution in [0.15, 0.2) is 48.5 Å². The molecule has 30 heavy (non-hydrogen) atoms. The lowest BCUT2D eigenvalue weighted by molar-refractivity contribution is -0.131. The minimum absolute atomic E-state index is 0.205. The highest BCUT2D eigenvalue weighted by molar-refractivity contribution is 5.76. The van der Waals surface area contributed by atoms with Crippen LogP contribution in [0.5, 0.6) is 5.75 Å². The van der Waals surface area contributed by atoms with E-state index >= 15 is 0 Å². The minimum Gasteiger partial charge on any atom is -0.506 e. The summed E-state index contributed by atoms with van der Waals surface area (Å²) in [5, 5.41) is 10.0. The number of benzene rings is 2. The van der Waals surface area contributed by atoms with E-state index in [0.717, 1.165) is 57.2 Å². The SMILES string of the molecule is O=C(CCN1CCN(c2ccccc2O)CC1)N1CCN(c2ccc(F)cc2)CC1.